The minimum Gasteiger partial charge on any atom is -0.476 e. The number of nitrogens with two attached hydrogens (primary N) is 1. The summed E-state index contributed by atoms with van der Waals surface area (Å²) < 4.78 is 76.6. The van der Waals surface area contributed by atoms with Crippen LogP contribution in [0.2, 0.25) is 0 Å². The number of nitrogen functional groups attached to an aromatic ring is 1. The highest BCUT2D eigenvalue weighted by molar-refractivity contribution is 7.48. The van der Waals surface area contributed by atoms with Gasteiger partial charge in [-0.05, 0) is 40.1 Å². The monoisotopic (exact) mass is 678 g/mol. The molecule has 5 atom stereocenters. The van der Waals surface area contributed by atoms with E-state index in [4.69, 9.17) is 43.8 Å². The van der Waals surface area contributed by atoms with E-state index in [2.05, 4.69) is 34.5 Å². The number of carbonyl (C=O) groups is 2. The molecule has 1 saturated carbocycles. The van der Waals surface area contributed by atoms with Gasteiger partial charge in [0.05, 0.1) is 31.7 Å². The molecule has 2 fully saturated rings. The summed E-state index contributed by atoms with van der Waals surface area (Å²) in [6, 6.07) is 0. The van der Waals surface area contributed by atoms with Crippen molar-refractivity contribution >= 4 is 37.2 Å². The van der Waals surface area contributed by atoms with Crippen molar-refractivity contribution in [3.05, 3.63) is 16.8 Å². The number of hydrogen-bond donors (Lipinski definition) is 2. The topological polar surface area (TPSA) is 273 Å². The molecule has 3 N–H and O–H groups in total. The minimum absolute atomic E-state index is 0.0141. The van der Waals surface area contributed by atoms with Crippen LogP contribution in [0.1, 0.15) is 40.8 Å². The highest BCUT2D eigenvalue weighted by Crippen LogP contribution is 2.69. The van der Waals surface area contributed by atoms with Gasteiger partial charge in [0.2, 0.25) is 25.4 Å². The summed E-state index contributed by atoms with van der Waals surface area (Å²) in [5, 5.41) is 14.9. The first-order chi connectivity index (χ1) is 21.7. The number of hydrogen-bond acceptors (Lipinski definition) is 18. The van der Waals surface area contributed by atoms with Gasteiger partial charge in [-0.15, -0.1) is 0 Å². The number of fused-ring (bicyclic) bond motifs is 2. The molecule has 254 valence electrons. The van der Waals surface area contributed by atoms with Gasteiger partial charge in [0.25, 0.3) is 0 Å². The molecule has 1 unspecified atom stereocenters. The van der Waals surface area contributed by atoms with Gasteiger partial charge in [-0.3, -0.25) is 9.09 Å². The van der Waals surface area contributed by atoms with Crippen LogP contribution in [0.4, 0.5) is 19.9 Å². The third kappa shape index (κ3) is 6.87. The van der Waals surface area contributed by atoms with Crippen molar-refractivity contribution in [1.82, 2.24) is 19.5 Å². The zero-order valence-electron chi connectivity index (χ0n) is 25.2. The zero-order chi connectivity index (χ0) is 33.9. The lowest BCUT2D eigenvalue weighted by atomic mass is 10.1. The van der Waals surface area contributed by atoms with Gasteiger partial charge in [-0.25, -0.2) is 32.6 Å². The summed E-state index contributed by atoms with van der Waals surface area (Å²) >= 11 is 0. The number of aromatic nitrogens is 4. The smallest absolute Gasteiger partial charge is 0.476 e. The molecule has 0 spiro atoms. The Morgan fingerprint density at radius 3 is 2.35 bits per heavy atom. The number of phosphoric acid groups is 1. The number of alkyl halides is 1. The Balaban J connectivity index is 1.59. The zero-order valence-corrected chi connectivity index (χ0v) is 26.1. The normalized spacial score (nSPS) is 25.2. The van der Waals surface area contributed by atoms with E-state index in [1.54, 1.807) is 6.92 Å². The predicted octanol–water partition coefficient (Wildman–Crippen LogP) is 3.03. The number of halogens is 1. The van der Waals surface area contributed by atoms with Gasteiger partial charge in [-0.2, -0.15) is 9.97 Å². The van der Waals surface area contributed by atoms with E-state index in [0.717, 1.165) is 10.9 Å². The van der Waals surface area contributed by atoms with Crippen LogP contribution in [-0.2, 0) is 41.8 Å². The highest BCUT2D eigenvalue weighted by atomic mass is 31.2. The van der Waals surface area contributed by atoms with Crippen LogP contribution in [-0.4, -0.2) is 99.4 Å². The first-order valence-corrected chi connectivity index (χ1v) is 15.1. The van der Waals surface area contributed by atoms with Crippen LogP contribution >= 0.6 is 7.82 Å². The molecule has 0 aromatic carbocycles. The van der Waals surface area contributed by atoms with Gasteiger partial charge >= 0.3 is 20.1 Å². The molecule has 1 saturated heterocycles. The van der Waals surface area contributed by atoms with E-state index in [-0.39, 0.29) is 29.6 Å². The maximum atomic E-state index is 16.2. The SMILES string of the molecule is CCOc1nc(N)nc2c1ncn2[C@@H]1O[C@]2(CN=[N+]=[N-])C(OP(=O)(OCOC(=O)OC(C)C)OCOC(=O)OC(C)C)[C@]2(O)[C@H]1F. The third-order valence-electron chi connectivity index (χ3n) is 6.42. The van der Waals surface area contributed by atoms with Crippen LogP contribution in [0.3, 0.4) is 0 Å². The molecular weight excluding hydrogens is 646 g/mol. The van der Waals surface area contributed by atoms with E-state index in [1.807, 2.05) is 0 Å². The number of anilines is 1. The van der Waals surface area contributed by atoms with Crippen molar-refractivity contribution in [2.45, 2.75) is 76.5 Å². The number of phosphoric ester groups is 1. The molecule has 4 rings (SSSR count). The average Bonchev–Trinajstić information content (AvgIpc) is 3.20. The summed E-state index contributed by atoms with van der Waals surface area (Å²) in [5.41, 5.74) is 10.1. The Bertz CT molecular complexity index is 1510. The number of nitrogens with zero attached hydrogens (tertiary/aromatic N) is 7. The van der Waals surface area contributed by atoms with Gasteiger partial charge in [-0.1, -0.05) is 5.11 Å². The summed E-state index contributed by atoms with van der Waals surface area (Å²) in [4.78, 5) is 38.3. The molecule has 0 radical (unpaired) electrons. The molecule has 3 heterocycles. The Hall–Kier alpha value is -4.04. The van der Waals surface area contributed by atoms with Gasteiger partial charge in [0.15, 0.2) is 29.2 Å². The first-order valence-electron chi connectivity index (χ1n) is 13.6. The quantitative estimate of drug-likeness (QED) is 0.0683. The van der Waals surface area contributed by atoms with Crippen molar-refractivity contribution in [3.8, 4) is 5.88 Å². The van der Waals surface area contributed by atoms with Gasteiger partial charge < -0.3 is 39.3 Å². The number of carbonyl (C=O) groups excluding carboxylic acids is 2. The lowest BCUT2D eigenvalue weighted by Gasteiger charge is -2.25. The predicted molar refractivity (Wildman–Crippen MR) is 147 cm³/mol. The van der Waals surface area contributed by atoms with Crippen LogP contribution in [0.25, 0.3) is 21.6 Å². The van der Waals surface area contributed by atoms with E-state index < -0.39 is 82.2 Å². The molecule has 1 aliphatic carbocycles. The molecule has 46 heavy (non-hydrogen) atoms. The molecule has 2 aromatic heterocycles. The summed E-state index contributed by atoms with van der Waals surface area (Å²) in [6.45, 7) is 5.15. The largest absolute Gasteiger partial charge is 0.510 e. The Morgan fingerprint density at radius 2 is 1.80 bits per heavy atom. The second kappa shape index (κ2) is 13.8. The molecule has 0 amide bonds. The average molecular weight is 679 g/mol. The van der Waals surface area contributed by atoms with Crippen molar-refractivity contribution in [1.29, 1.82) is 0 Å². The van der Waals surface area contributed by atoms with E-state index >= 15 is 4.39 Å². The van der Waals surface area contributed by atoms with E-state index in [1.165, 1.54) is 27.7 Å². The fourth-order valence-corrected chi connectivity index (χ4v) is 5.69. The fraction of sp³-hybridized carbons (Fsp3) is 0.696. The van der Waals surface area contributed by atoms with Gasteiger partial charge in [0.1, 0.15) is 11.7 Å². The second-order valence-electron chi connectivity index (χ2n) is 10.2. The molecule has 2 aromatic rings. The lowest BCUT2D eigenvalue weighted by molar-refractivity contribution is -0.0952. The first kappa shape index (κ1) is 34.8. The van der Waals surface area contributed by atoms with Gasteiger partial charge in [0, 0.05) is 4.91 Å². The number of imidazole rings is 1. The molecule has 23 heteroatoms. The molecule has 21 nitrogen and oxygen atoms in total. The summed E-state index contributed by atoms with van der Waals surface area (Å²) in [6.07, 6.45) is -8.32. The summed E-state index contributed by atoms with van der Waals surface area (Å²) in [5.74, 6) is -0.213. The maximum Gasteiger partial charge on any atom is 0.510 e. The number of aliphatic hydroxyl groups is 1. The minimum atomic E-state index is -5.01. The molecule has 0 bridgehead atoms. The molecule has 2 aliphatic rings. The van der Waals surface area contributed by atoms with Crippen molar-refractivity contribution in [2.75, 3.05) is 32.5 Å². The Labute approximate surface area is 259 Å². The summed E-state index contributed by atoms with van der Waals surface area (Å²) in [7, 11) is -5.01. The van der Waals surface area contributed by atoms with Crippen molar-refractivity contribution in [3.63, 3.8) is 0 Å². The highest BCUT2D eigenvalue weighted by Gasteiger charge is 2.90. The van der Waals surface area contributed by atoms with Crippen LogP contribution in [0.15, 0.2) is 11.4 Å². The fourth-order valence-electron chi connectivity index (χ4n) is 4.54. The third-order valence-corrected chi connectivity index (χ3v) is 7.74. The number of ether oxygens (including phenoxy) is 6. The van der Waals surface area contributed by atoms with Crippen LogP contribution in [0.5, 0.6) is 5.88 Å². The Kier molecular flexibility index (Phi) is 10.4. The Morgan fingerprint density at radius 1 is 1.20 bits per heavy atom. The molecule has 1 aliphatic heterocycles. The van der Waals surface area contributed by atoms with Crippen molar-refractivity contribution in [2.24, 2.45) is 5.11 Å². The maximum absolute atomic E-state index is 16.2. The van der Waals surface area contributed by atoms with E-state index in [9.17, 15) is 19.3 Å². The standard InChI is InChI=1S/C23H32FN8O13P/c1-6-37-16-13-15(29-19(25)30-16)32(8-27-13)17-14(24)23(35)18(22(23,44-17)7-28-31-26)45-46(36,40-9-38-20(33)42-11(2)3)41-10-39-21(34)43-12(4)5/h8,11-12,14,17-18,35H,6-7,9-10H2,1-5H3,(H2,25,29,30)/t14-,17+,18?,22+,23+/m0/s1. The second-order valence-corrected chi connectivity index (χ2v) is 11.8. The van der Waals surface area contributed by atoms with Crippen LogP contribution in [0, 0.1) is 0 Å². The van der Waals surface area contributed by atoms with E-state index in [0.29, 0.717) is 0 Å². The lowest BCUT2D eigenvalue weighted by Crippen LogP contribution is -2.34. The van der Waals surface area contributed by atoms with Crippen LogP contribution < -0.4 is 10.5 Å². The number of rotatable bonds is 15. The number of azide groups is 1. The molecular formula is C23H32FN8O13P. The van der Waals surface area contributed by atoms with Crippen molar-refractivity contribution < 1.29 is 65.6 Å².